The lowest BCUT2D eigenvalue weighted by Gasteiger charge is -2.17. The topological polar surface area (TPSA) is 63.4 Å². The molecule has 0 aromatic heterocycles. The number of fused-ring (bicyclic) bond motifs is 1. The van der Waals surface area contributed by atoms with Crippen LogP contribution < -0.4 is 0 Å². The van der Waals surface area contributed by atoms with Crippen LogP contribution >= 0.6 is 0 Å². The number of nitrogens with zero attached hydrogens (tertiary/aromatic N) is 1. The lowest BCUT2D eigenvalue weighted by molar-refractivity contribution is -0.481. The Morgan fingerprint density at radius 3 is 2.36 bits per heavy atom. The van der Waals surface area contributed by atoms with E-state index in [1.54, 1.807) is 6.07 Å². The summed E-state index contributed by atoms with van der Waals surface area (Å²) in [5.74, 6) is -0.392. The van der Waals surface area contributed by atoms with E-state index in [1.165, 1.54) is 0 Å². The number of benzene rings is 3. The van der Waals surface area contributed by atoms with Crippen LogP contribution in [-0.4, -0.2) is 16.6 Å². The first-order valence-corrected chi connectivity index (χ1v) is 7.04. The second-order valence-electron chi connectivity index (χ2n) is 5.20. The molecule has 3 aromatic rings. The van der Waals surface area contributed by atoms with Crippen LogP contribution in [0.3, 0.4) is 0 Å². The monoisotopic (exact) mass is 293 g/mol. The molecule has 0 fully saturated rings. The van der Waals surface area contributed by atoms with Crippen molar-refractivity contribution in [2.45, 2.75) is 5.92 Å². The molecule has 1 N–H and O–H groups in total. The van der Waals surface area contributed by atoms with E-state index in [2.05, 4.69) is 0 Å². The van der Waals surface area contributed by atoms with Crippen molar-refractivity contribution in [3.63, 3.8) is 0 Å². The zero-order valence-corrected chi connectivity index (χ0v) is 11.8. The summed E-state index contributed by atoms with van der Waals surface area (Å²) in [6.45, 7) is -0.258. The van der Waals surface area contributed by atoms with Gasteiger partial charge in [-0.25, -0.2) is 0 Å². The maximum atomic E-state index is 11.1. The normalized spacial score (nSPS) is 12.2. The summed E-state index contributed by atoms with van der Waals surface area (Å²) in [5.41, 5.74) is 1.44. The fourth-order valence-electron chi connectivity index (χ4n) is 2.85. The molecule has 0 saturated carbocycles. The van der Waals surface area contributed by atoms with Crippen LogP contribution in [0.2, 0.25) is 0 Å². The van der Waals surface area contributed by atoms with Crippen molar-refractivity contribution in [3.8, 4) is 5.75 Å². The molecule has 0 saturated heterocycles. The Labute approximate surface area is 127 Å². The molecular weight excluding hydrogens is 278 g/mol. The van der Waals surface area contributed by atoms with E-state index in [1.807, 2.05) is 60.7 Å². The third kappa shape index (κ3) is 2.63. The molecule has 3 aromatic carbocycles. The summed E-state index contributed by atoms with van der Waals surface area (Å²) >= 11 is 0. The molecule has 0 spiro atoms. The average molecular weight is 293 g/mol. The van der Waals surface area contributed by atoms with Gasteiger partial charge in [0.25, 0.3) is 0 Å². The molecular formula is C18H15NO3. The largest absolute Gasteiger partial charge is 0.508 e. The fourth-order valence-corrected chi connectivity index (χ4v) is 2.85. The third-order valence-electron chi connectivity index (χ3n) is 3.83. The Morgan fingerprint density at radius 1 is 0.955 bits per heavy atom. The lowest BCUT2D eigenvalue weighted by Crippen LogP contribution is -2.14. The van der Waals surface area contributed by atoms with Crippen LogP contribution in [0.4, 0.5) is 0 Å². The second-order valence-corrected chi connectivity index (χ2v) is 5.20. The second kappa shape index (κ2) is 5.85. The summed E-state index contributed by atoms with van der Waals surface area (Å²) in [7, 11) is 0. The minimum absolute atomic E-state index is 0.0920. The van der Waals surface area contributed by atoms with Gasteiger partial charge in [0.2, 0.25) is 6.54 Å². The number of rotatable bonds is 4. The quantitative estimate of drug-likeness (QED) is 0.585. The number of aromatic hydroxyl groups is 1. The summed E-state index contributed by atoms with van der Waals surface area (Å²) < 4.78 is 0. The minimum Gasteiger partial charge on any atom is -0.508 e. The number of phenolic OH excluding ortho intramolecular Hbond substituents is 1. The van der Waals surface area contributed by atoms with Crippen LogP contribution in [0.1, 0.15) is 17.0 Å². The molecule has 0 radical (unpaired) electrons. The van der Waals surface area contributed by atoms with Gasteiger partial charge in [0.05, 0.1) is 5.92 Å². The highest BCUT2D eigenvalue weighted by atomic mass is 16.6. The van der Waals surface area contributed by atoms with Gasteiger partial charge in [0, 0.05) is 10.5 Å². The van der Waals surface area contributed by atoms with Gasteiger partial charge in [-0.1, -0.05) is 60.7 Å². The molecule has 4 heteroatoms. The van der Waals surface area contributed by atoms with Gasteiger partial charge in [-0.15, -0.1) is 0 Å². The summed E-state index contributed by atoms with van der Waals surface area (Å²) in [4.78, 5) is 10.8. The Hall–Kier alpha value is -2.88. The van der Waals surface area contributed by atoms with E-state index in [9.17, 15) is 15.2 Å². The van der Waals surface area contributed by atoms with Crippen molar-refractivity contribution in [3.05, 3.63) is 88.0 Å². The molecule has 0 aliphatic carbocycles. The molecule has 1 unspecified atom stereocenters. The van der Waals surface area contributed by atoms with Crippen molar-refractivity contribution in [1.29, 1.82) is 0 Å². The first-order chi connectivity index (χ1) is 10.7. The van der Waals surface area contributed by atoms with Crippen LogP contribution in [0.15, 0.2) is 66.7 Å². The number of hydrogen-bond donors (Lipinski definition) is 1. The van der Waals surface area contributed by atoms with Gasteiger partial charge < -0.3 is 5.11 Å². The minimum atomic E-state index is -0.484. The zero-order chi connectivity index (χ0) is 15.5. The molecule has 110 valence electrons. The predicted molar refractivity (Wildman–Crippen MR) is 85.8 cm³/mol. The van der Waals surface area contributed by atoms with Gasteiger partial charge in [-0.2, -0.15) is 0 Å². The molecule has 0 amide bonds. The first kappa shape index (κ1) is 14.1. The molecule has 0 aliphatic rings. The molecule has 1 atom stereocenters. The maximum absolute atomic E-state index is 11.1. The van der Waals surface area contributed by atoms with Crippen LogP contribution in [0, 0.1) is 10.1 Å². The smallest absolute Gasteiger partial charge is 0.214 e. The Balaban J connectivity index is 2.24. The van der Waals surface area contributed by atoms with Crippen LogP contribution in [0.25, 0.3) is 10.8 Å². The van der Waals surface area contributed by atoms with E-state index in [-0.39, 0.29) is 17.2 Å². The Kier molecular flexibility index (Phi) is 3.74. The van der Waals surface area contributed by atoms with Crippen molar-refractivity contribution in [1.82, 2.24) is 0 Å². The van der Waals surface area contributed by atoms with Gasteiger partial charge >= 0.3 is 0 Å². The van der Waals surface area contributed by atoms with Gasteiger partial charge in [0.15, 0.2) is 0 Å². The highest BCUT2D eigenvalue weighted by Gasteiger charge is 2.25. The molecule has 0 heterocycles. The highest BCUT2D eigenvalue weighted by molar-refractivity contribution is 5.88. The molecule has 0 aliphatic heterocycles. The number of nitro groups is 1. The van der Waals surface area contributed by atoms with Crippen molar-refractivity contribution in [2.24, 2.45) is 0 Å². The summed E-state index contributed by atoms with van der Waals surface area (Å²) in [6, 6.07) is 20.3. The third-order valence-corrected chi connectivity index (χ3v) is 3.83. The van der Waals surface area contributed by atoms with E-state index >= 15 is 0 Å². The molecule has 22 heavy (non-hydrogen) atoms. The fraction of sp³-hybridized carbons (Fsp3) is 0.111. The first-order valence-electron chi connectivity index (χ1n) is 7.04. The standard InChI is InChI=1S/C18H15NO3/c20-17-11-10-14-8-4-5-9-15(14)18(17)16(12-19(21)22)13-6-2-1-3-7-13/h1-11,16,20H,12H2. The van der Waals surface area contributed by atoms with Crippen molar-refractivity contribution < 1.29 is 10.0 Å². The Morgan fingerprint density at radius 2 is 1.64 bits per heavy atom. The number of hydrogen-bond acceptors (Lipinski definition) is 3. The molecule has 4 nitrogen and oxygen atoms in total. The van der Waals surface area contributed by atoms with E-state index in [4.69, 9.17) is 0 Å². The van der Waals surface area contributed by atoms with Crippen LogP contribution in [0.5, 0.6) is 5.75 Å². The summed E-state index contributed by atoms with van der Waals surface area (Å²) in [6.07, 6.45) is 0. The molecule has 0 bridgehead atoms. The van der Waals surface area contributed by atoms with Gasteiger partial charge in [-0.05, 0) is 22.4 Å². The van der Waals surface area contributed by atoms with E-state index in [0.29, 0.717) is 5.56 Å². The van der Waals surface area contributed by atoms with E-state index in [0.717, 1.165) is 16.3 Å². The molecule has 3 rings (SSSR count). The maximum Gasteiger partial charge on any atom is 0.214 e. The van der Waals surface area contributed by atoms with E-state index < -0.39 is 5.92 Å². The highest BCUT2D eigenvalue weighted by Crippen LogP contribution is 2.37. The average Bonchev–Trinajstić information content (AvgIpc) is 2.54. The Bertz CT molecular complexity index is 815. The number of phenols is 1. The SMILES string of the molecule is O=[N+]([O-])CC(c1ccccc1)c1c(O)ccc2ccccc12. The van der Waals surface area contributed by atoms with Crippen molar-refractivity contribution in [2.75, 3.05) is 6.54 Å². The summed E-state index contributed by atoms with van der Waals surface area (Å²) in [5, 5.41) is 23.3. The van der Waals surface area contributed by atoms with Gasteiger partial charge in [-0.3, -0.25) is 10.1 Å². The zero-order valence-electron chi connectivity index (χ0n) is 11.8. The van der Waals surface area contributed by atoms with Crippen LogP contribution in [-0.2, 0) is 0 Å². The lowest BCUT2D eigenvalue weighted by atomic mass is 9.87. The predicted octanol–water partition coefficient (Wildman–Crippen LogP) is 3.95. The van der Waals surface area contributed by atoms with Crippen molar-refractivity contribution >= 4 is 10.8 Å². The van der Waals surface area contributed by atoms with Gasteiger partial charge in [0.1, 0.15) is 5.75 Å².